The molecule has 142 valence electrons. The van der Waals surface area contributed by atoms with E-state index in [0.717, 1.165) is 28.3 Å². The molecule has 4 rings (SSSR count). The Morgan fingerprint density at radius 3 is 1.93 bits per heavy atom. The summed E-state index contributed by atoms with van der Waals surface area (Å²) in [6, 6.07) is 35.8. The van der Waals surface area contributed by atoms with Gasteiger partial charge in [-0.25, -0.2) is 0 Å². The van der Waals surface area contributed by atoms with Crippen molar-refractivity contribution in [2.24, 2.45) is 4.99 Å². The van der Waals surface area contributed by atoms with Crippen molar-refractivity contribution in [3.05, 3.63) is 120 Å². The zero-order valence-corrected chi connectivity index (χ0v) is 16.8. The molecule has 0 heterocycles. The SMILES string of the molecule is Cc1ccc(N=Cc2ccc(N(c3ccccc3)c3cccc(C)c3)cc2)cc1. The number of benzene rings is 4. The van der Waals surface area contributed by atoms with Crippen molar-refractivity contribution in [3.63, 3.8) is 0 Å². The Labute approximate surface area is 172 Å². The largest absolute Gasteiger partial charge is 0.310 e. The first-order chi connectivity index (χ1) is 14.2. The second-order valence-electron chi connectivity index (χ2n) is 7.20. The lowest BCUT2D eigenvalue weighted by atomic mass is 10.1. The summed E-state index contributed by atoms with van der Waals surface area (Å²) in [6.07, 6.45) is 1.91. The number of anilines is 3. The van der Waals surface area contributed by atoms with Gasteiger partial charge in [-0.05, 0) is 73.5 Å². The van der Waals surface area contributed by atoms with Crippen LogP contribution in [0.3, 0.4) is 0 Å². The molecule has 0 aliphatic heterocycles. The molecule has 4 aromatic carbocycles. The predicted octanol–water partition coefficient (Wildman–Crippen LogP) is 7.52. The fourth-order valence-corrected chi connectivity index (χ4v) is 3.28. The van der Waals surface area contributed by atoms with Gasteiger partial charge in [0.2, 0.25) is 0 Å². The minimum atomic E-state index is 0.963. The van der Waals surface area contributed by atoms with Gasteiger partial charge in [0.25, 0.3) is 0 Å². The maximum Gasteiger partial charge on any atom is 0.0630 e. The lowest BCUT2D eigenvalue weighted by Crippen LogP contribution is -2.09. The first-order valence-corrected chi connectivity index (χ1v) is 9.82. The smallest absolute Gasteiger partial charge is 0.0630 e. The van der Waals surface area contributed by atoms with Crippen molar-refractivity contribution in [1.82, 2.24) is 0 Å². The van der Waals surface area contributed by atoms with Gasteiger partial charge < -0.3 is 4.90 Å². The predicted molar refractivity (Wildman–Crippen MR) is 124 cm³/mol. The van der Waals surface area contributed by atoms with E-state index in [1.165, 1.54) is 11.1 Å². The molecular weight excluding hydrogens is 352 g/mol. The second kappa shape index (κ2) is 8.57. The van der Waals surface area contributed by atoms with Crippen LogP contribution in [0, 0.1) is 13.8 Å². The minimum absolute atomic E-state index is 0.963. The summed E-state index contributed by atoms with van der Waals surface area (Å²) in [7, 11) is 0. The van der Waals surface area contributed by atoms with E-state index in [0.29, 0.717) is 0 Å². The van der Waals surface area contributed by atoms with Gasteiger partial charge in [-0.15, -0.1) is 0 Å². The van der Waals surface area contributed by atoms with Crippen LogP contribution in [0.4, 0.5) is 22.7 Å². The molecule has 0 bridgehead atoms. The monoisotopic (exact) mass is 376 g/mol. The third kappa shape index (κ3) is 4.61. The summed E-state index contributed by atoms with van der Waals surface area (Å²) >= 11 is 0. The van der Waals surface area contributed by atoms with E-state index >= 15 is 0 Å². The van der Waals surface area contributed by atoms with Gasteiger partial charge >= 0.3 is 0 Å². The molecule has 2 nitrogen and oxygen atoms in total. The normalized spacial score (nSPS) is 11.0. The highest BCUT2D eigenvalue weighted by Crippen LogP contribution is 2.34. The minimum Gasteiger partial charge on any atom is -0.310 e. The summed E-state index contributed by atoms with van der Waals surface area (Å²) in [6.45, 7) is 4.20. The Hall–Kier alpha value is -3.65. The van der Waals surface area contributed by atoms with Crippen LogP contribution in [0.2, 0.25) is 0 Å². The van der Waals surface area contributed by atoms with E-state index in [-0.39, 0.29) is 0 Å². The lowest BCUT2D eigenvalue weighted by Gasteiger charge is -2.25. The number of para-hydroxylation sites is 1. The van der Waals surface area contributed by atoms with Crippen molar-refractivity contribution < 1.29 is 0 Å². The van der Waals surface area contributed by atoms with E-state index in [2.05, 4.69) is 109 Å². The zero-order chi connectivity index (χ0) is 20.1. The summed E-state index contributed by atoms with van der Waals surface area (Å²) < 4.78 is 0. The van der Waals surface area contributed by atoms with Gasteiger partial charge in [-0.1, -0.05) is 60.2 Å². The van der Waals surface area contributed by atoms with E-state index in [9.17, 15) is 0 Å². The van der Waals surface area contributed by atoms with Crippen LogP contribution in [0.1, 0.15) is 16.7 Å². The Morgan fingerprint density at radius 2 is 1.24 bits per heavy atom. The number of hydrogen-bond donors (Lipinski definition) is 0. The number of nitrogens with zero attached hydrogens (tertiary/aromatic N) is 2. The van der Waals surface area contributed by atoms with Crippen LogP contribution in [-0.4, -0.2) is 6.21 Å². The molecule has 0 N–H and O–H groups in total. The number of hydrogen-bond acceptors (Lipinski definition) is 2. The highest BCUT2D eigenvalue weighted by atomic mass is 15.1. The third-order valence-corrected chi connectivity index (χ3v) is 4.82. The van der Waals surface area contributed by atoms with Gasteiger partial charge in [0, 0.05) is 23.3 Å². The van der Waals surface area contributed by atoms with Crippen molar-refractivity contribution in [3.8, 4) is 0 Å². The van der Waals surface area contributed by atoms with Crippen LogP contribution in [0.25, 0.3) is 0 Å². The first-order valence-electron chi connectivity index (χ1n) is 9.82. The lowest BCUT2D eigenvalue weighted by molar-refractivity contribution is 1.27. The second-order valence-corrected chi connectivity index (χ2v) is 7.20. The highest BCUT2D eigenvalue weighted by molar-refractivity contribution is 5.84. The Balaban J connectivity index is 1.64. The Bertz CT molecular complexity index is 1100. The maximum absolute atomic E-state index is 4.58. The van der Waals surface area contributed by atoms with Crippen molar-refractivity contribution >= 4 is 29.0 Å². The van der Waals surface area contributed by atoms with Crippen molar-refractivity contribution in [2.45, 2.75) is 13.8 Å². The van der Waals surface area contributed by atoms with E-state index in [4.69, 9.17) is 0 Å². The molecule has 0 unspecified atom stereocenters. The van der Waals surface area contributed by atoms with Gasteiger partial charge in [0.05, 0.1) is 5.69 Å². The van der Waals surface area contributed by atoms with E-state index in [1.807, 2.05) is 24.4 Å². The molecule has 0 saturated carbocycles. The summed E-state index contributed by atoms with van der Waals surface area (Å²) in [5, 5.41) is 0. The van der Waals surface area contributed by atoms with Crippen LogP contribution in [-0.2, 0) is 0 Å². The zero-order valence-electron chi connectivity index (χ0n) is 16.8. The molecule has 4 aromatic rings. The molecule has 0 spiro atoms. The van der Waals surface area contributed by atoms with Gasteiger partial charge in [-0.2, -0.15) is 0 Å². The first kappa shape index (κ1) is 18.7. The molecule has 0 aromatic heterocycles. The average Bonchev–Trinajstić information content (AvgIpc) is 2.75. The van der Waals surface area contributed by atoms with Crippen LogP contribution < -0.4 is 4.90 Å². The van der Waals surface area contributed by atoms with Gasteiger partial charge in [-0.3, -0.25) is 4.99 Å². The van der Waals surface area contributed by atoms with Crippen LogP contribution in [0.15, 0.2) is 108 Å². The number of aryl methyl sites for hydroxylation is 2. The molecular formula is C27H24N2. The van der Waals surface area contributed by atoms with E-state index in [1.54, 1.807) is 0 Å². The fraction of sp³-hybridized carbons (Fsp3) is 0.0741. The molecule has 0 saturated heterocycles. The molecule has 2 heteroatoms. The molecule has 0 aliphatic carbocycles. The maximum atomic E-state index is 4.58. The molecule has 0 fully saturated rings. The molecule has 0 radical (unpaired) electrons. The Kier molecular flexibility index (Phi) is 5.53. The fourth-order valence-electron chi connectivity index (χ4n) is 3.28. The molecule has 0 aliphatic rings. The molecule has 0 atom stereocenters. The third-order valence-electron chi connectivity index (χ3n) is 4.82. The summed E-state index contributed by atoms with van der Waals surface area (Å²) in [5.74, 6) is 0. The standard InChI is InChI=1S/C27H24N2/c1-21-11-15-24(16-12-21)28-20-23-13-17-26(18-14-23)29(25-8-4-3-5-9-25)27-10-6-7-22(2)19-27/h3-20H,1-2H3. The Morgan fingerprint density at radius 1 is 0.586 bits per heavy atom. The average molecular weight is 377 g/mol. The number of rotatable bonds is 5. The van der Waals surface area contributed by atoms with Crippen LogP contribution >= 0.6 is 0 Å². The van der Waals surface area contributed by atoms with Gasteiger partial charge in [0.1, 0.15) is 0 Å². The van der Waals surface area contributed by atoms with Crippen molar-refractivity contribution in [1.29, 1.82) is 0 Å². The van der Waals surface area contributed by atoms with E-state index < -0.39 is 0 Å². The molecule has 29 heavy (non-hydrogen) atoms. The van der Waals surface area contributed by atoms with Crippen LogP contribution in [0.5, 0.6) is 0 Å². The molecule has 0 amide bonds. The van der Waals surface area contributed by atoms with Gasteiger partial charge in [0.15, 0.2) is 0 Å². The highest BCUT2D eigenvalue weighted by Gasteiger charge is 2.11. The summed E-state index contributed by atoms with van der Waals surface area (Å²) in [4.78, 5) is 6.85. The quantitative estimate of drug-likeness (QED) is 0.329. The van der Waals surface area contributed by atoms with Crippen molar-refractivity contribution in [2.75, 3.05) is 4.90 Å². The topological polar surface area (TPSA) is 15.6 Å². The number of aliphatic imine (C=N–C) groups is 1. The summed E-state index contributed by atoms with van der Waals surface area (Å²) in [5.41, 5.74) is 7.93.